The minimum atomic E-state index is -1.56. The van der Waals surface area contributed by atoms with Crippen molar-refractivity contribution in [3.05, 3.63) is 29.8 Å². The second kappa shape index (κ2) is 7.43. The van der Waals surface area contributed by atoms with Gasteiger partial charge in [-0.2, -0.15) is 0 Å². The van der Waals surface area contributed by atoms with Crippen LogP contribution in [0.5, 0.6) is 0 Å². The maximum absolute atomic E-state index is 11.6. The number of piperidine rings is 1. The number of hydrogen-bond donors (Lipinski definition) is 2. The zero-order valence-electron chi connectivity index (χ0n) is 12.4. The van der Waals surface area contributed by atoms with Gasteiger partial charge in [-0.25, -0.2) is 4.79 Å². The van der Waals surface area contributed by atoms with E-state index in [9.17, 15) is 15.0 Å². The smallest absolute Gasteiger partial charge is 0.338 e. The molecule has 0 spiro atoms. The van der Waals surface area contributed by atoms with Gasteiger partial charge in [-0.05, 0) is 32.3 Å². The number of benzene rings is 1. The fourth-order valence-electron chi connectivity index (χ4n) is 2.69. The Morgan fingerprint density at radius 2 is 1.90 bits per heavy atom. The van der Waals surface area contributed by atoms with Gasteiger partial charge in [-0.15, -0.1) is 0 Å². The lowest BCUT2D eigenvalue weighted by Gasteiger charge is -2.32. The van der Waals surface area contributed by atoms with E-state index in [1.165, 1.54) is 6.42 Å². The van der Waals surface area contributed by atoms with E-state index in [-0.39, 0.29) is 6.61 Å². The topological polar surface area (TPSA) is 70.0 Å². The standard InChI is InChI=1S/C16H23NO4/c1-2-21-16(20)15(19)14(18)12-8-4-5-9-13(12)17-10-6-3-7-11-17/h4-5,8-9,14-15,18-19H,2-3,6-7,10-11H2,1H3. The second-order valence-corrected chi connectivity index (χ2v) is 5.25. The largest absolute Gasteiger partial charge is 0.464 e. The minimum Gasteiger partial charge on any atom is -0.464 e. The summed E-state index contributed by atoms with van der Waals surface area (Å²) in [5, 5.41) is 20.3. The zero-order chi connectivity index (χ0) is 15.2. The van der Waals surface area contributed by atoms with Gasteiger partial charge < -0.3 is 19.8 Å². The Morgan fingerprint density at radius 3 is 2.57 bits per heavy atom. The van der Waals surface area contributed by atoms with Crippen molar-refractivity contribution in [1.29, 1.82) is 0 Å². The van der Waals surface area contributed by atoms with Crippen LogP contribution in [-0.2, 0) is 9.53 Å². The highest BCUT2D eigenvalue weighted by Gasteiger charge is 2.29. The van der Waals surface area contributed by atoms with E-state index in [1.54, 1.807) is 19.1 Å². The molecule has 1 aromatic rings. The van der Waals surface area contributed by atoms with E-state index in [0.717, 1.165) is 31.6 Å². The van der Waals surface area contributed by atoms with Crippen LogP contribution in [0.4, 0.5) is 5.69 Å². The van der Waals surface area contributed by atoms with E-state index >= 15 is 0 Å². The number of para-hydroxylation sites is 1. The number of rotatable bonds is 5. The molecular weight excluding hydrogens is 270 g/mol. The van der Waals surface area contributed by atoms with Gasteiger partial charge in [-0.3, -0.25) is 0 Å². The Morgan fingerprint density at radius 1 is 1.24 bits per heavy atom. The summed E-state index contributed by atoms with van der Waals surface area (Å²) in [6, 6.07) is 7.36. The van der Waals surface area contributed by atoms with Crippen LogP contribution in [0.3, 0.4) is 0 Å². The molecule has 1 saturated heterocycles. The maximum Gasteiger partial charge on any atom is 0.338 e. The third kappa shape index (κ3) is 3.74. The Hall–Kier alpha value is -1.59. The molecule has 0 saturated carbocycles. The first-order chi connectivity index (χ1) is 10.1. The van der Waals surface area contributed by atoms with Gasteiger partial charge in [0.15, 0.2) is 6.10 Å². The lowest BCUT2D eigenvalue weighted by atomic mass is 10.00. The summed E-state index contributed by atoms with van der Waals surface area (Å²) in [5.41, 5.74) is 1.45. The van der Waals surface area contributed by atoms with Crippen molar-refractivity contribution in [3.8, 4) is 0 Å². The van der Waals surface area contributed by atoms with Gasteiger partial charge in [0.1, 0.15) is 6.10 Å². The van der Waals surface area contributed by atoms with Gasteiger partial charge in [0.2, 0.25) is 0 Å². The molecule has 0 bridgehead atoms. The zero-order valence-corrected chi connectivity index (χ0v) is 12.4. The molecule has 2 unspecified atom stereocenters. The number of carbonyl (C=O) groups excluding carboxylic acids is 1. The summed E-state index contributed by atoms with van der Waals surface area (Å²) < 4.78 is 4.77. The van der Waals surface area contributed by atoms with E-state index in [4.69, 9.17) is 4.74 Å². The van der Waals surface area contributed by atoms with Crippen molar-refractivity contribution in [2.45, 2.75) is 38.4 Å². The molecule has 5 heteroatoms. The van der Waals surface area contributed by atoms with Crippen molar-refractivity contribution in [1.82, 2.24) is 0 Å². The average Bonchev–Trinajstić information content (AvgIpc) is 2.54. The molecular formula is C16H23NO4. The first kappa shape index (κ1) is 15.8. The van der Waals surface area contributed by atoms with Crippen LogP contribution in [0.1, 0.15) is 37.9 Å². The Kier molecular flexibility index (Phi) is 5.59. The lowest BCUT2D eigenvalue weighted by Crippen LogP contribution is -2.34. The lowest BCUT2D eigenvalue weighted by molar-refractivity contribution is -0.159. The van der Waals surface area contributed by atoms with Crippen molar-refractivity contribution < 1.29 is 19.7 Å². The van der Waals surface area contributed by atoms with E-state index in [2.05, 4.69) is 4.90 Å². The summed E-state index contributed by atoms with van der Waals surface area (Å²) in [7, 11) is 0. The normalized spacial score (nSPS) is 18.1. The number of anilines is 1. The van der Waals surface area contributed by atoms with Crippen molar-refractivity contribution in [3.63, 3.8) is 0 Å². The van der Waals surface area contributed by atoms with Crippen LogP contribution in [-0.4, -0.2) is 42.0 Å². The monoisotopic (exact) mass is 293 g/mol. The Bertz CT molecular complexity index is 471. The molecule has 1 fully saturated rings. The van der Waals surface area contributed by atoms with Crippen LogP contribution in [0.15, 0.2) is 24.3 Å². The molecule has 2 rings (SSSR count). The second-order valence-electron chi connectivity index (χ2n) is 5.25. The number of ether oxygens (including phenoxy) is 1. The molecule has 0 aromatic heterocycles. The first-order valence-electron chi connectivity index (χ1n) is 7.51. The molecule has 1 aromatic carbocycles. The molecule has 0 aliphatic carbocycles. The minimum absolute atomic E-state index is 0.177. The number of esters is 1. The summed E-state index contributed by atoms with van der Waals surface area (Å²) in [6.45, 7) is 3.70. The maximum atomic E-state index is 11.6. The van der Waals surface area contributed by atoms with E-state index in [0.29, 0.717) is 5.56 Å². The summed E-state index contributed by atoms with van der Waals surface area (Å²) in [6.07, 6.45) is 0.612. The quantitative estimate of drug-likeness (QED) is 0.808. The average molecular weight is 293 g/mol. The SMILES string of the molecule is CCOC(=O)C(O)C(O)c1ccccc1N1CCCCC1. The molecule has 2 atom stereocenters. The highest BCUT2D eigenvalue weighted by molar-refractivity contribution is 5.76. The highest BCUT2D eigenvalue weighted by atomic mass is 16.5. The Labute approximate surface area is 125 Å². The Balaban J connectivity index is 2.20. The fourth-order valence-corrected chi connectivity index (χ4v) is 2.69. The first-order valence-corrected chi connectivity index (χ1v) is 7.51. The summed E-state index contributed by atoms with van der Waals surface area (Å²) in [5.74, 6) is -0.793. The van der Waals surface area contributed by atoms with Crippen LogP contribution in [0.2, 0.25) is 0 Å². The number of hydrogen-bond acceptors (Lipinski definition) is 5. The van der Waals surface area contributed by atoms with Crippen molar-refractivity contribution >= 4 is 11.7 Å². The van der Waals surface area contributed by atoms with Crippen LogP contribution >= 0.6 is 0 Å². The number of aliphatic hydroxyl groups is 2. The molecule has 2 N–H and O–H groups in total. The molecule has 0 amide bonds. The summed E-state index contributed by atoms with van der Waals surface area (Å²) in [4.78, 5) is 13.8. The van der Waals surface area contributed by atoms with E-state index in [1.807, 2.05) is 12.1 Å². The highest BCUT2D eigenvalue weighted by Crippen LogP contribution is 2.30. The van der Waals surface area contributed by atoms with Gasteiger partial charge >= 0.3 is 5.97 Å². The predicted molar refractivity (Wildman–Crippen MR) is 80.1 cm³/mol. The predicted octanol–water partition coefficient (Wildman–Crippen LogP) is 1.63. The molecule has 116 valence electrons. The molecule has 5 nitrogen and oxygen atoms in total. The van der Waals surface area contributed by atoms with Gasteiger partial charge in [-0.1, -0.05) is 18.2 Å². The van der Waals surface area contributed by atoms with E-state index < -0.39 is 18.2 Å². The molecule has 0 radical (unpaired) electrons. The number of aliphatic hydroxyl groups excluding tert-OH is 2. The summed E-state index contributed by atoms with van der Waals surface area (Å²) >= 11 is 0. The molecule has 1 heterocycles. The van der Waals surface area contributed by atoms with Crippen molar-refractivity contribution in [2.75, 3.05) is 24.6 Å². The van der Waals surface area contributed by atoms with Crippen LogP contribution in [0.25, 0.3) is 0 Å². The fraction of sp³-hybridized carbons (Fsp3) is 0.562. The van der Waals surface area contributed by atoms with Crippen LogP contribution < -0.4 is 4.90 Å². The van der Waals surface area contributed by atoms with Gasteiger partial charge in [0.25, 0.3) is 0 Å². The molecule has 1 aliphatic heterocycles. The van der Waals surface area contributed by atoms with Crippen molar-refractivity contribution in [2.24, 2.45) is 0 Å². The molecule has 1 aliphatic rings. The third-order valence-corrected chi connectivity index (χ3v) is 3.78. The molecule has 21 heavy (non-hydrogen) atoms. The number of nitrogens with zero attached hydrogens (tertiary/aromatic N) is 1. The van der Waals surface area contributed by atoms with Gasteiger partial charge in [0.05, 0.1) is 6.61 Å². The van der Waals surface area contributed by atoms with Gasteiger partial charge in [0, 0.05) is 24.3 Å². The third-order valence-electron chi connectivity index (χ3n) is 3.78. The number of carbonyl (C=O) groups is 1. The van der Waals surface area contributed by atoms with Crippen LogP contribution in [0, 0.1) is 0 Å².